The predicted molar refractivity (Wildman–Crippen MR) is 162 cm³/mol. The molecule has 0 spiro atoms. The summed E-state index contributed by atoms with van der Waals surface area (Å²) in [5.74, 6) is 0.832. The van der Waals surface area contributed by atoms with Gasteiger partial charge in [-0.2, -0.15) is 10.1 Å². The van der Waals surface area contributed by atoms with Crippen LogP contribution in [0.2, 0.25) is 0 Å². The molecule has 2 heterocycles. The summed E-state index contributed by atoms with van der Waals surface area (Å²) in [4.78, 5) is 21.7. The Bertz CT molecular complexity index is 1650. The van der Waals surface area contributed by atoms with Crippen LogP contribution in [0.1, 0.15) is 49.8 Å². The van der Waals surface area contributed by atoms with E-state index in [1.54, 1.807) is 42.9 Å². The summed E-state index contributed by atoms with van der Waals surface area (Å²) >= 11 is 0. The van der Waals surface area contributed by atoms with Crippen LogP contribution in [-0.4, -0.2) is 48.3 Å². The van der Waals surface area contributed by atoms with Crippen LogP contribution in [0, 0.1) is 0 Å². The first kappa shape index (κ1) is 28.3. The molecule has 0 fully saturated rings. The molecule has 1 aliphatic rings. The van der Waals surface area contributed by atoms with Gasteiger partial charge in [0.1, 0.15) is 11.9 Å². The maximum Gasteiger partial charge on any atom is 0.221 e. The molecule has 1 unspecified atom stereocenters. The second-order valence-electron chi connectivity index (χ2n) is 9.70. The molecule has 0 saturated carbocycles. The van der Waals surface area contributed by atoms with Crippen molar-refractivity contribution >= 4 is 23.8 Å². The number of nitrogens with two attached hydrogens (primary N) is 2. The van der Waals surface area contributed by atoms with Crippen molar-refractivity contribution in [3.8, 4) is 11.5 Å². The van der Waals surface area contributed by atoms with Crippen molar-refractivity contribution in [2.24, 2.45) is 5.10 Å². The lowest BCUT2D eigenvalue weighted by atomic mass is 9.93. The highest BCUT2D eigenvalue weighted by Gasteiger charge is 2.26. The molecule has 0 saturated heterocycles. The molecule has 4 aromatic rings. The zero-order chi connectivity index (χ0) is 29.6. The van der Waals surface area contributed by atoms with Gasteiger partial charge in [-0.15, -0.1) is 0 Å². The van der Waals surface area contributed by atoms with Crippen molar-refractivity contribution < 1.29 is 19.0 Å². The standard InChI is InChI=1S/C32H32N6O4/c1-40-19-20-8-10-22(11-9-20)29-25-7-5-4-6-23(25)18-36-38(29)13-12-27(39)26-15-21(16-28(41-2)30(26)42-3)14-24-17-35-32(34)37-31(24)33/h4-13,15-18,29H,14,19H2,1-3H3,(H4,33,34,35,37)/b13-12+. The third-order valence-corrected chi connectivity index (χ3v) is 6.99. The predicted octanol–water partition coefficient (Wildman–Crippen LogP) is 4.53. The first-order valence-electron chi connectivity index (χ1n) is 13.2. The minimum Gasteiger partial charge on any atom is -0.493 e. The maximum absolute atomic E-state index is 13.7. The molecule has 10 nitrogen and oxygen atoms in total. The second kappa shape index (κ2) is 12.5. The molecule has 214 valence electrons. The SMILES string of the molecule is COCc1ccc(C2c3ccccc3C=NN2/C=C/C(=O)c2cc(Cc3cnc(N)nc3N)cc(OC)c2OC)cc1. The van der Waals surface area contributed by atoms with Crippen molar-refractivity contribution in [2.75, 3.05) is 32.8 Å². The van der Waals surface area contributed by atoms with E-state index in [1.165, 1.54) is 20.3 Å². The lowest BCUT2D eigenvalue weighted by molar-refractivity contribution is 0.104. The zero-order valence-electron chi connectivity index (χ0n) is 23.7. The first-order valence-corrected chi connectivity index (χ1v) is 13.2. The van der Waals surface area contributed by atoms with E-state index in [0.29, 0.717) is 35.7 Å². The number of nitrogens with zero attached hydrogens (tertiary/aromatic N) is 4. The Balaban J connectivity index is 1.48. The summed E-state index contributed by atoms with van der Waals surface area (Å²) in [5, 5.41) is 6.45. The molecule has 0 radical (unpaired) electrons. The zero-order valence-corrected chi connectivity index (χ0v) is 23.7. The van der Waals surface area contributed by atoms with E-state index in [2.05, 4.69) is 33.3 Å². The van der Waals surface area contributed by atoms with Gasteiger partial charge in [-0.3, -0.25) is 9.80 Å². The lowest BCUT2D eigenvalue weighted by Crippen LogP contribution is -2.25. The highest BCUT2D eigenvalue weighted by Crippen LogP contribution is 2.36. The molecular formula is C32H32N6O4. The minimum absolute atomic E-state index is 0.0942. The average molecular weight is 565 g/mol. The first-order chi connectivity index (χ1) is 20.4. The highest BCUT2D eigenvalue weighted by atomic mass is 16.5. The van der Waals surface area contributed by atoms with E-state index in [0.717, 1.165) is 27.8 Å². The van der Waals surface area contributed by atoms with Gasteiger partial charge >= 0.3 is 0 Å². The van der Waals surface area contributed by atoms with Crippen LogP contribution in [0.15, 0.2) is 84.2 Å². The van der Waals surface area contributed by atoms with E-state index >= 15 is 0 Å². The molecule has 1 atom stereocenters. The quantitative estimate of drug-likeness (QED) is 0.210. The molecule has 0 aliphatic carbocycles. The van der Waals surface area contributed by atoms with Gasteiger partial charge in [-0.25, -0.2) is 4.98 Å². The van der Waals surface area contributed by atoms with E-state index in [4.69, 9.17) is 25.7 Å². The molecule has 1 aromatic heterocycles. The Morgan fingerprint density at radius 2 is 1.79 bits per heavy atom. The van der Waals surface area contributed by atoms with E-state index in [9.17, 15) is 4.79 Å². The Kier molecular flexibility index (Phi) is 8.44. The molecule has 42 heavy (non-hydrogen) atoms. The van der Waals surface area contributed by atoms with Gasteiger partial charge in [0, 0.05) is 43.1 Å². The number of carbonyl (C=O) groups excluding carboxylic acids is 1. The van der Waals surface area contributed by atoms with Gasteiger partial charge < -0.3 is 25.7 Å². The van der Waals surface area contributed by atoms with Crippen molar-refractivity contribution in [1.29, 1.82) is 0 Å². The molecule has 0 amide bonds. The normalized spacial score (nSPS) is 14.2. The van der Waals surface area contributed by atoms with Crippen LogP contribution in [-0.2, 0) is 17.8 Å². The molecule has 1 aliphatic heterocycles. The molecular weight excluding hydrogens is 532 g/mol. The van der Waals surface area contributed by atoms with Gasteiger partial charge in [-0.05, 0) is 34.4 Å². The number of benzene rings is 3. The number of hydrogen-bond donors (Lipinski definition) is 2. The van der Waals surface area contributed by atoms with Gasteiger partial charge in [0.2, 0.25) is 5.95 Å². The fourth-order valence-electron chi connectivity index (χ4n) is 4.97. The average Bonchev–Trinajstić information content (AvgIpc) is 3.01. The van der Waals surface area contributed by atoms with Crippen LogP contribution in [0.25, 0.3) is 0 Å². The maximum atomic E-state index is 13.7. The monoisotopic (exact) mass is 564 g/mol. The number of anilines is 2. The Labute approximate surface area is 244 Å². The fourth-order valence-corrected chi connectivity index (χ4v) is 4.97. The number of rotatable bonds is 10. The van der Waals surface area contributed by atoms with Gasteiger partial charge in [0.05, 0.1) is 32.6 Å². The number of fused-ring (bicyclic) bond motifs is 1. The number of hydrogen-bond acceptors (Lipinski definition) is 10. The van der Waals surface area contributed by atoms with Crippen LogP contribution in [0.4, 0.5) is 11.8 Å². The number of methoxy groups -OCH3 is 3. The van der Waals surface area contributed by atoms with Gasteiger partial charge in [0.25, 0.3) is 0 Å². The Hall–Kier alpha value is -5.22. The summed E-state index contributed by atoms with van der Waals surface area (Å²) in [6.45, 7) is 0.528. The Morgan fingerprint density at radius 1 is 1.00 bits per heavy atom. The summed E-state index contributed by atoms with van der Waals surface area (Å²) in [7, 11) is 4.69. The van der Waals surface area contributed by atoms with E-state index in [-0.39, 0.29) is 23.6 Å². The smallest absolute Gasteiger partial charge is 0.221 e. The van der Waals surface area contributed by atoms with Crippen LogP contribution >= 0.6 is 0 Å². The second-order valence-corrected chi connectivity index (χ2v) is 9.70. The summed E-state index contributed by atoms with van der Waals surface area (Å²) in [6, 6.07) is 19.6. The van der Waals surface area contributed by atoms with Crippen molar-refractivity contribution in [3.63, 3.8) is 0 Å². The molecule has 3 aromatic carbocycles. The van der Waals surface area contributed by atoms with Crippen molar-refractivity contribution in [3.05, 3.63) is 118 Å². The number of aromatic nitrogens is 2. The lowest BCUT2D eigenvalue weighted by Gasteiger charge is -2.31. The van der Waals surface area contributed by atoms with Crippen molar-refractivity contribution in [1.82, 2.24) is 15.0 Å². The largest absolute Gasteiger partial charge is 0.493 e. The number of ether oxygens (including phenoxy) is 3. The van der Waals surface area contributed by atoms with E-state index in [1.807, 2.05) is 30.3 Å². The van der Waals surface area contributed by atoms with Gasteiger partial charge in [-0.1, -0.05) is 48.5 Å². The van der Waals surface area contributed by atoms with Crippen LogP contribution < -0.4 is 20.9 Å². The summed E-state index contributed by atoms with van der Waals surface area (Å²) < 4.78 is 16.4. The van der Waals surface area contributed by atoms with Crippen molar-refractivity contribution in [2.45, 2.75) is 19.1 Å². The topological polar surface area (TPSA) is 138 Å². The summed E-state index contributed by atoms with van der Waals surface area (Å²) in [5.41, 5.74) is 17.7. The number of allylic oxidation sites excluding steroid dienone is 1. The fraction of sp³-hybridized carbons (Fsp3) is 0.188. The van der Waals surface area contributed by atoms with Crippen LogP contribution in [0.3, 0.4) is 0 Å². The molecule has 5 rings (SSSR count). The number of nitrogen functional groups attached to an aromatic ring is 2. The number of ketones is 1. The third-order valence-electron chi connectivity index (χ3n) is 6.99. The minimum atomic E-state index is -0.281. The molecule has 4 N–H and O–H groups in total. The number of hydrazone groups is 1. The van der Waals surface area contributed by atoms with Crippen LogP contribution in [0.5, 0.6) is 11.5 Å². The highest BCUT2D eigenvalue weighted by molar-refractivity contribution is 6.07. The molecule has 10 heteroatoms. The molecule has 0 bridgehead atoms. The van der Waals surface area contributed by atoms with Gasteiger partial charge in [0.15, 0.2) is 17.3 Å². The van der Waals surface area contributed by atoms with E-state index < -0.39 is 0 Å². The third kappa shape index (κ3) is 5.93. The summed E-state index contributed by atoms with van der Waals surface area (Å²) in [6.07, 6.45) is 6.91. The Morgan fingerprint density at radius 3 is 2.50 bits per heavy atom. The number of carbonyl (C=O) groups is 1.